The summed E-state index contributed by atoms with van der Waals surface area (Å²) in [5.74, 6) is -1.51. The van der Waals surface area contributed by atoms with E-state index < -0.39 is 24.0 Å². The van der Waals surface area contributed by atoms with Crippen LogP contribution in [-0.2, 0) is 14.3 Å². The van der Waals surface area contributed by atoms with Gasteiger partial charge in [-0.1, -0.05) is 6.92 Å². The molecule has 0 heterocycles. The SMILES string of the molecule is CCC(CC(=O)O)NC(=O)N(C)CC(=O)OC. The molecule has 2 N–H and O–H groups in total. The fourth-order valence-electron chi connectivity index (χ4n) is 1.12. The molecule has 0 fully saturated rings. The summed E-state index contributed by atoms with van der Waals surface area (Å²) >= 11 is 0. The zero-order chi connectivity index (χ0) is 13.4. The lowest BCUT2D eigenvalue weighted by atomic mass is 10.1. The Bertz CT molecular complexity index is 292. The molecule has 98 valence electrons. The number of hydrogen-bond donors (Lipinski definition) is 2. The highest BCUT2D eigenvalue weighted by atomic mass is 16.5. The van der Waals surface area contributed by atoms with Crippen molar-refractivity contribution in [2.45, 2.75) is 25.8 Å². The number of nitrogens with one attached hydrogen (secondary N) is 1. The first-order chi connectivity index (χ1) is 7.90. The van der Waals surface area contributed by atoms with Gasteiger partial charge in [-0.15, -0.1) is 0 Å². The first kappa shape index (κ1) is 15.2. The van der Waals surface area contributed by atoms with Gasteiger partial charge in [-0.25, -0.2) is 4.79 Å². The number of likely N-dealkylation sites (N-methyl/N-ethyl adjacent to an activating group) is 1. The summed E-state index contributed by atoms with van der Waals surface area (Å²) in [6.07, 6.45) is 0.360. The molecular formula is C10H18N2O5. The zero-order valence-electron chi connectivity index (χ0n) is 10.2. The number of carboxylic acids is 1. The molecule has 0 bridgehead atoms. The average Bonchev–Trinajstić information content (AvgIpc) is 2.26. The van der Waals surface area contributed by atoms with E-state index in [-0.39, 0.29) is 13.0 Å². The molecule has 0 aliphatic heterocycles. The molecule has 0 aliphatic carbocycles. The number of urea groups is 1. The van der Waals surface area contributed by atoms with E-state index in [2.05, 4.69) is 10.1 Å². The lowest BCUT2D eigenvalue weighted by Gasteiger charge is -2.21. The molecule has 7 heteroatoms. The second kappa shape index (κ2) is 7.48. The average molecular weight is 246 g/mol. The highest BCUT2D eigenvalue weighted by molar-refractivity contribution is 5.81. The van der Waals surface area contributed by atoms with E-state index in [0.29, 0.717) is 6.42 Å². The molecule has 0 spiro atoms. The number of carbonyl (C=O) groups is 3. The van der Waals surface area contributed by atoms with Crippen molar-refractivity contribution in [2.24, 2.45) is 0 Å². The van der Waals surface area contributed by atoms with Gasteiger partial charge in [-0.05, 0) is 6.42 Å². The second-order valence-corrected chi connectivity index (χ2v) is 3.58. The van der Waals surface area contributed by atoms with Crippen molar-refractivity contribution in [1.82, 2.24) is 10.2 Å². The highest BCUT2D eigenvalue weighted by Gasteiger charge is 2.18. The van der Waals surface area contributed by atoms with Gasteiger partial charge >= 0.3 is 18.0 Å². The van der Waals surface area contributed by atoms with Gasteiger partial charge in [-0.3, -0.25) is 9.59 Å². The summed E-state index contributed by atoms with van der Waals surface area (Å²) in [6, 6.07) is -0.941. The molecule has 0 radical (unpaired) electrons. The maximum absolute atomic E-state index is 11.6. The first-order valence-electron chi connectivity index (χ1n) is 5.20. The summed E-state index contributed by atoms with van der Waals surface area (Å²) in [6.45, 7) is 1.60. The second-order valence-electron chi connectivity index (χ2n) is 3.58. The van der Waals surface area contributed by atoms with Crippen LogP contribution >= 0.6 is 0 Å². The fourth-order valence-corrected chi connectivity index (χ4v) is 1.12. The Hall–Kier alpha value is -1.79. The van der Waals surface area contributed by atoms with Crippen LogP contribution in [0.15, 0.2) is 0 Å². The minimum absolute atomic E-state index is 0.145. The number of carboxylic acid groups (broad SMARTS) is 1. The van der Waals surface area contributed by atoms with Crippen LogP contribution in [0, 0.1) is 0 Å². The molecule has 0 aromatic rings. The van der Waals surface area contributed by atoms with E-state index in [0.717, 1.165) is 4.90 Å². The molecule has 1 atom stereocenters. The van der Waals surface area contributed by atoms with Gasteiger partial charge in [0.25, 0.3) is 0 Å². The summed E-state index contributed by atoms with van der Waals surface area (Å²) in [7, 11) is 2.66. The first-order valence-corrected chi connectivity index (χ1v) is 5.20. The Morgan fingerprint density at radius 1 is 1.41 bits per heavy atom. The Kier molecular flexibility index (Phi) is 6.69. The van der Waals surface area contributed by atoms with Crippen LogP contribution in [0.4, 0.5) is 4.79 Å². The number of rotatable bonds is 6. The third-order valence-corrected chi connectivity index (χ3v) is 2.18. The maximum atomic E-state index is 11.6. The van der Waals surface area contributed by atoms with Gasteiger partial charge in [0.05, 0.1) is 13.5 Å². The molecule has 7 nitrogen and oxygen atoms in total. The van der Waals surface area contributed by atoms with Crippen LogP contribution in [0.25, 0.3) is 0 Å². The number of methoxy groups -OCH3 is 1. The monoisotopic (exact) mass is 246 g/mol. The molecule has 0 rings (SSSR count). The molecule has 1 unspecified atom stereocenters. The van der Waals surface area contributed by atoms with Gasteiger partial charge < -0.3 is 20.1 Å². The number of carbonyl (C=O) groups excluding carboxylic acids is 2. The Labute approximate surface area is 99.7 Å². The quantitative estimate of drug-likeness (QED) is 0.646. The van der Waals surface area contributed by atoms with Crippen molar-refractivity contribution in [3.63, 3.8) is 0 Å². The molecule has 17 heavy (non-hydrogen) atoms. The number of nitrogens with zero attached hydrogens (tertiary/aromatic N) is 1. The van der Waals surface area contributed by atoms with Crippen molar-refractivity contribution in [3.8, 4) is 0 Å². The van der Waals surface area contributed by atoms with E-state index in [4.69, 9.17) is 5.11 Å². The van der Waals surface area contributed by atoms with Crippen molar-refractivity contribution < 1.29 is 24.2 Å². The third kappa shape index (κ3) is 6.39. The number of ether oxygens (including phenoxy) is 1. The largest absolute Gasteiger partial charge is 0.481 e. The molecule has 0 saturated carbocycles. The van der Waals surface area contributed by atoms with Crippen molar-refractivity contribution in [2.75, 3.05) is 20.7 Å². The fraction of sp³-hybridized carbons (Fsp3) is 0.700. The lowest BCUT2D eigenvalue weighted by molar-refractivity contribution is -0.141. The number of esters is 1. The van der Waals surface area contributed by atoms with Crippen LogP contribution in [0.1, 0.15) is 19.8 Å². The minimum Gasteiger partial charge on any atom is -0.481 e. The van der Waals surface area contributed by atoms with Crippen molar-refractivity contribution in [1.29, 1.82) is 0 Å². The van der Waals surface area contributed by atoms with E-state index in [1.54, 1.807) is 6.92 Å². The lowest BCUT2D eigenvalue weighted by Crippen LogP contribution is -2.45. The zero-order valence-corrected chi connectivity index (χ0v) is 10.2. The van der Waals surface area contributed by atoms with Gasteiger partial charge in [0, 0.05) is 13.1 Å². The molecule has 2 amide bonds. The van der Waals surface area contributed by atoms with Crippen molar-refractivity contribution in [3.05, 3.63) is 0 Å². The summed E-state index contributed by atoms with van der Waals surface area (Å²) < 4.78 is 4.41. The standard InChI is InChI=1S/C10H18N2O5/c1-4-7(5-8(13)14)11-10(16)12(2)6-9(15)17-3/h7H,4-6H2,1-3H3,(H,11,16)(H,13,14). The molecule has 0 aromatic heterocycles. The normalized spacial score (nSPS) is 11.5. The summed E-state index contributed by atoms with van der Waals surface area (Å²) in [5.41, 5.74) is 0. The number of aliphatic carboxylic acids is 1. The van der Waals surface area contributed by atoms with Crippen LogP contribution in [-0.4, -0.2) is 54.7 Å². The van der Waals surface area contributed by atoms with E-state index >= 15 is 0 Å². The predicted molar refractivity (Wildman–Crippen MR) is 59.5 cm³/mol. The van der Waals surface area contributed by atoms with Crippen LogP contribution in [0.3, 0.4) is 0 Å². The van der Waals surface area contributed by atoms with E-state index in [9.17, 15) is 14.4 Å². The Morgan fingerprint density at radius 2 is 2.00 bits per heavy atom. The maximum Gasteiger partial charge on any atom is 0.325 e. The smallest absolute Gasteiger partial charge is 0.325 e. The van der Waals surface area contributed by atoms with Crippen LogP contribution < -0.4 is 5.32 Å². The molecule has 0 aliphatic rings. The predicted octanol–water partition coefficient (Wildman–Crippen LogP) is 0.0541. The molecule has 0 saturated heterocycles. The Morgan fingerprint density at radius 3 is 2.41 bits per heavy atom. The Balaban J connectivity index is 4.21. The minimum atomic E-state index is -0.979. The van der Waals surface area contributed by atoms with Gasteiger partial charge in [-0.2, -0.15) is 0 Å². The van der Waals surface area contributed by atoms with Gasteiger partial charge in [0.2, 0.25) is 0 Å². The molecule has 0 aromatic carbocycles. The highest BCUT2D eigenvalue weighted by Crippen LogP contribution is 1.99. The molecular weight excluding hydrogens is 228 g/mol. The van der Waals surface area contributed by atoms with Gasteiger partial charge in [0.15, 0.2) is 0 Å². The summed E-state index contributed by atoms with van der Waals surface area (Å²) in [4.78, 5) is 34.1. The van der Waals surface area contributed by atoms with Crippen LogP contribution in [0.2, 0.25) is 0 Å². The summed E-state index contributed by atoms with van der Waals surface area (Å²) in [5, 5.41) is 11.1. The van der Waals surface area contributed by atoms with Crippen LogP contribution in [0.5, 0.6) is 0 Å². The third-order valence-electron chi connectivity index (χ3n) is 2.18. The number of hydrogen-bond acceptors (Lipinski definition) is 4. The van der Waals surface area contributed by atoms with E-state index in [1.165, 1.54) is 14.2 Å². The van der Waals surface area contributed by atoms with Gasteiger partial charge in [0.1, 0.15) is 6.54 Å². The van der Waals surface area contributed by atoms with Crippen molar-refractivity contribution >= 4 is 18.0 Å². The topological polar surface area (TPSA) is 95.9 Å². The number of amides is 2. The van der Waals surface area contributed by atoms with E-state index in [1.807, 2.05) is 0 Å².